The summed E-state index contributed by atoms with van der Waals surface area (Å²) in [4.78, 5) is 12.3. The fraction of sp³-hybridized carbons (Fsp3) is 0.263. The van der Waals surface area contributed by atoms with Crippen molar-refractivity contribution in [3.05, 3.63) is 58.6 Å². The lowest BCUT2D eigenvalue weighted by molar-refractivity contribution is 0.0977. The number of halogens is 1. The van der Waals surface area contributed by atoms with E-state index < -0.39 is 0 Å². The monoisotopic (exact) mass is 376 g/mol. The van der Waals surface area contributed by atoms with Gasteiger partial charge in [-0.2, -0.15) is 0 Å². The number of amides is 1. The minimum absolute atomic E-state index is 0.218. The molecule has 0 fully saturated rings. The number of thiocarbonyl (C=S) groups is 1. The average molecular weight is 377 g/mol. The molecule has 0 saturated heterocycles. The summed E-state index contributed by atoms with van der Waals surface area (Å²) in [6, 6.07) is 12.4. The Morgan fingerprint density at radius 3 is 2.52 bits per heavy atom. The van der Waals surface area contributed by atoms with Crippen LogP contribution in [0.15, 0.2) is 42.5 Å². The van der Waals surface area contributed by atoms with E-state index in [1.807, 2.05) is 19.1 Å². The first-order chi connectivity index (χ1) is 11.9. The Morgan fingerprint density at radius 1 is 1.20 bits per heavy atom. The molecule has 0 bridgehead atoms. The summed E-state index contributed by atoms with van der Waals surface area (Å²) < 4.78 is 5.60. The molecular formula is C19H21ClN2O2S. The summed E-state index contributed by atoms with van der Waals surface area (Å²) in [5, 5.41) is 6.50. The average Bonchev–Trinajstić information content (AvgIpc) is 2.57. The van der Waals surface area contributed by atoms with Gasteiger partial charge in [0.25, 0.3) is 5.91 Å². The third kappa shape index (κ3) is 5.73. The molecule has 0 aliphatic carbocycles. The van der Waals surface area contributed by atoms with Crippen LogP contribution in [0.5, 0.6) is 5.75 Å². The molecule has 2 rings (SSSR count). The van der Waals surface area contributed by atoms with E-state index in [2.05, 4.69) is 24.5 Å². The molecule has 4 nitrogen and oxygen atoms in total. The molecular weight excluding hydrogens is 356 g/mol. The Labute approximate surface area is 158 Å². The van der Waals surface area contributed by atoms with E-state index in [0.29, 0.717) is 23.1 Å². The first kappa shape index (κ1) is 19.2. The number of hydrogen-bond donors (Lipinski definition) is 2. The molecule has 6 heteroatoms. The van der Waals surface area contributed by atoms with Gasteiger partial charge in [-0.1, -0.05) is 31.5 Å². The maximum atomic E-state index is 12.3. The molecule has 1 amide bonds. The molecule has 2 aromatic rings. The van der Waals surface area contributed by atoms with Crippen molar-refractivity contribution in [1.82, 2.24) is 5.32 Å². The summed E-state index contributed by atoms with van der Waals surface area (Å²) in [6.45, 7) is 6.68. The number of rotatable bonds is 5. The molecule has 2 N–H and O–H groups in total. The highest BCUT2D eigenvalue weighted by atomic mass is 35.5. The minimum Gasteiger partial charge on any atom is -0.493 e. The van der Waals surface area contributed by atoms with Crippen molar-refractivity contribution in [2.45, 2.75) is 20.8 Å². The first-order valence-electron chi connectivity index (χ1n) is 7.97. The SMILES string of the molecule is Cc1c(Cl)cccc1NC(=S)NC(=O)c1ccc(OCC(C)C)cc1. The fourth-order valence-electron chi connectivity index (χ4n) is 2.04. The third-order valence-corrected chi connectivity index (χ3v) is 4.06. The second-order valence-electron chi connectivity index (χ2n) is 6.05. The number of nitrogens with one attached hydrogen (secondary N) is 2. The predicted molar refractivity (Wildman–Crippen MR) is 107 cm³/mol. The van der Waals surface area contributed by atoms with Crippen molar-refractivity contribution in [1.29, 1.82) is 0 Å². The van der Waals surface area contributed by atoms with Crippen LogP contribution in [-0.4, -0.2) is 17.6 Å². The smallest absolute Gasteiger partial charge is 0.257 e. The molecule has 0 aliphatic heterocycles. The topological polar surface area (TPSA) is 50.4 Å². The quantitative estimate of drug-likeness (QED) is 0.735. The van der Waals surface area contributed by atoms with E-state index in [1.165, 1.54) is 0 Å². The molecule has 0 radical (unpaired) electrons. The van der Waals surface area contributed by atoms with Gasteiger partial charge in [-0.05, 0) is 67.0 Å². The van der Waals surface area contributed by atoms with Crippen molar-refractivity contribution in [2.75, 3.05) is 11.9 Å². The molecule has 132 valence electrons. The molecule has 2 aromatic carbocycles. The Balaban J connectivity index is 1.94. The van der Waals surface area contributed by atoms with Gasteiger partial charge in [0.2, 0.25) is 0 Å². The highest BCUT2D eigenvalue weighted by molar-refractivity contribution is 7.80. The van der Waals surface area contributed by atoms with E-state index >= 15 is 0 Å². The maximum absolute atomic E-state index is 12.3. The lowest BCUT2D eigenvalue weighted by Crippen LogP contribution is -2.34. The van der Waals surface area contributed by atoms with E-state index in [0.717, 1.165) is 17.0 Å². The lowest BCUT2D eigenvalue weighted by atomic mass is 10.2. The standard InChI is InChI=1S/C19H21ClN2O2S/c1-12(2)11-24-15-9-7-14(8-10-15)18(23)22-19(25)21-17-6-4-5-16(20)13(17)3/h4-10,12H,11H2,1-3H3,(H2,21,22,23,25). The van der Waals surface area contributed by atoms with Crippen LogP contribution in [0.2, 0.25) is 5.02 Å². The van der Waals surface area contributed by atoms with E-state index in [4.69, 9.17) is 28.6 Å². The van der Waals surface area contributed by atoms with Crippen molar-refractivity contribution in [3.63, 3.8) is 0 Å². The molecule has 0 unspecified atom stereocenters. The number of carbonyl (C=O) groups excluding carboxylic acids is 1. The van der Waals surface area contributed by atoms with Gasteiger partial charge in [0.1, 0.15) is 5.75 Å². The molecule has 0 spiro atoms. The summed E-state index contributed by atoms with van der Waals surface area (Å²) in [7, 11) is 0. The highest BCUT2D eigenvalue weighted by Gasteiger charge is 2.10. The zero-order valence-corrected chi connectivity index (χ0v) is 16.0. The van der Waals surface area contributed by atoms with Crippen molar-refractivity contribution < 1.29 is 9.53 Å². The number of ether oxygens (including phenoxy) is 1. The van der Waals surface area contributed by atoms with Gasteiger partial charge in [0.05, 0.1) is 6.61 Å². The van der Waals surface area contributed by atoms with Crippen LogP contribution in [0.25, 0.3) is 0 Å². The summed E-state index contributed by atoms with van der Waals surface area (Å²) in [5.41, 5.74) is 2.13. The van der Waals surface area contributed by atoms with Crippen molar-refractivity contribution in [3.8, 4) is 5.75 Å². The predicted octanol–water partition coefficient (Wildman–Crippen LogP) is 4.81. The Hall–Kier alpha value is -2.11. The van der Waals surface area contributed by atoms with E-state index in [9.17, 15) is 4.79 Å². The van der Waals surface area contributed by atoms with Gasteiger partial charge < -0.3 is 10.1 Å². The van der Waals surface area contributed by atoms with Crippen LogP contribution in [0.4, 0.5) is 5.69 Å². The number of benzene rings is 2. The van der Waals surface area contributed by atoms with Crippen LogP contribution < -0.4 is 15.4 Å². The zero-order chi connectivity index (χ0) is 18.4. The van der Waals surface area contributed by atoms with E-state index in [1.54, 1.807) is 30.3 Å². The lowest BCUT2D eigenvalue weighted by Gasteiger charge is -2.13. The van der Waals surface area contributed by atoms with Crippen LogP contribution in [0.3, 0.4) is 0 Å². The minimum atomic E-state index is -0.285. The zero-order valence-electron chi connectivity index (χ0n) is 14.4. The Morgan fingerprint density at radius 2 is 1.88 bits per heavy atom. The Kier molecular flexibility index (Phi) is 6.79. The summed E-state index contributed by atoms with van der Waals surface area (Å²) in [6.07, 6.45) is 0. The fourth-order valence-corrected chi connectivity index (χ4v) is 2.41. The second kappa shape index (κ2) is 8.83. The van der Waals surface area contributed by atoms with Crippen molar-refractivity contribution in [2.24, 2.45) is 5.92 Å². The van der Waals surface area contributed by atoms with Gasteiger partial charge in [0, 0.05) is 16.3 Å². The van der Waals surface area contributed by atoms with E-state index in [-0.39, 0.29) is 11.0 Å². The largest absolute Gasteiger partial charge is 0.493 e. The number of hydrogen-bond acceptors (Lipinski definition) is 3. The highest BCUT2D eigenvalue weighted by Crippen LogP contribution is 2.22. The summed E-state index contributed by atoms with van der Waals surface area (Å²) in [5.74, 6) is 0.898. The molecule has 25 heavy (non-hydrogen) atoms. The molecule has 0 aromatic heterocycles. The molecule has 0 atom stereocenters. The molecule has 0 heterocycles. The first-order valence-corrected chi connectivity index (χ1v) is 8.75. The van der Waals surface area contributed by atoms with Crippen molar-refractivity contribution >= 4 is 40.5 Å². The van der Waals surface area contributed by atoms with Gasteiger partial charge in [-0.25, -0.2) is 0 Å². The maximum Gasteiger partial charge on any atom is 0.257 e. The van der Waals surface area contributed by atoms with Gasteiger partial charge in [-0.3, -0.25) is 10.1 Å². The normalized spacial score (nSPS) is 10.4. The molecule has 0 aliphatic rings. The van der Waals surface area contributed by atoms with Gasteiger partial charge in [0.15, 0.2) is 5.11 Å². The second-order valence-corrected chi connectivity index (χ2v) is 6.87. The van der Waals surface area contributed by atoms with Crippen LogP contribution in [0, 0.1) is 12.8 Å². The third-order valence-electron chi connectivity index (χ3n) is 3.44. The van der Waals surface area contributed by atoms with Gasteiger partial charge >= 0.3 is 0 Å². The van der Waals surface area contributed by atoms with Crippen LogP contribution >= 0.6 is 23.8 Å². The van der Waals surface area contributed by atoms with Crippen LogP contribution in [0.1, 0.15) is 29.8 Å². The van der Waals surface area contributed by atoms with Crippen LogP contribution in [-0.2, 0) is 0 Å². The number of anilines is 1. The summed E-state index contributed by atoms with van der Waals surface area (Å²) >= 11 is 11.3. The molecule has 0 saturated carbocycles. The Bertz CT molecular complexity index is 761. The van der Waals surface area contributed by atoms with Gasteiger partial charge in [-0.15, -0.1) is 0 Å². The number of carbonyl (C=O) groups is 1.